The molecule has 0 aromatic rings. The molecule has 1 fully saturated rings. The van der Waals surface area contributed by atoms with Gasteiger partial charge in [0.1, 0.15) is 0 Å². The van der Waals surface area contributed by atoms with Crippen molar-refractivity contribution in [3.8, 4) is 0 Å². The van der Waals surface area contributed by atoms with E-state index < -0.39 is 0 Å². The van der Waals surface area contributed by atoms with Crippen molar-refractivity contribution in [2.24, 2.45) is 11.3 Å². The summed E-state index contributed by atoms with van der Waals surface area (Å²) in [5.74, 6) is 0.752. The summed E-state index contributed by atoms with van der Waals surface area (Å²) >= 11 is 0. The van der Waals surface area contributed by atoms with Gasteiger partial charge in [0.25, 0.3) is 0 Å². The fourth-order valence-electron chi connectivity index (χ4n) is 2.90. The lowest BCUT2D eigenvalue weighted by Gasteiger charge is -2.33. The molecule has 3 nitrogen and oxygen atoms in total. The average Bonchev–Trinajstić information content (AvgIpc) is 2.55. The van der Waals surface area contributed by atoms with E-state index in [1.165, 1.54) is 19.3 Å². The van der Waals surface area contributed by atoms with Crippen molar-refractivity contribution >= 4 is 5.91 Å². The highest BCUT2D eigenvalue weighted by molar-refractivity contribution is 5.81. The minimum atomic E-state index is -0.0256. The third-order valence-electron chi connectivity index (χ3n) is 4.11. The van der Waals surface area contributed by atoms with Crippen molar-refractivity contribution in [1.82, 2.24) is 10.2 Å². The van der Waals surface area contributed by atoms with Gasteiger partial charge in [0, 0.05) is 20.1 Å². The van der Waals surface area contributed by atoms with Crippen molar-refractivity contribution in [3.05, 3.63) is 0 Å². The van der Waals surface area contributed by atoms with E-state index in [0.29, 0.717) is 17.4 Å². The van der Waals surface area contributed by atoms with Crippen LogP contribution in [0.1, 0.15) is 53.4 Å². The summed E-state index contributed by atoms with van der Waals surface area (Å²) in [5.41, 5.74) is 0.321. The maximum atomic E-state index is 12.2. The van der Waals surface area contributed by atoms with Crippen LogP contribution in [-0.2, 0) is 4.79 Å². The Bertz CT molecular complexity index is 284. The molecule has 18 heavy (non-hydrogen) atoms. The van der Waals surface area contributed by atoms with E-state index in [9.17, 15) is 4.79 Å². The van der Waals surface area contributed by atoms with E-state index in [1.807, 2.05) is 14.1 Å². The Morgan fingerprint density at radius 3 is 2.39 bits per heavy atom. The molecule has 0 saturated heterocycles. The van der Waals surface area contributed by atoms with Gasteiger partial charge in [-0.15, -0.1) is 0 Å². The number of nitrogens with one attached hydrogen (secondary N) is 1. The Kier molecular flexibility index (Phi) is 5.20. The van der Waals surface area contributed by atoms with E-state index >= 15 is 0 Å². The van der Waals surface area contributed by atoms with Gasteiger partial charge in [0.05, 0.1) is 6.04 Å². The van der Waals surface area contributed by atoms with Crippen LogP contribution in [0, 0.1) is 11.3 Å². The van der Waals surface area contributed by atoms with Gasteiger partial charge in [-0.2, -0.15) is 0 Å². The number of hydrogen-bond acceptors (Lipinski definition) is 2. The van der Waals surface area contributed by atoms with Gasteiger partial charge in [-0.1, -0.05) is 34.1 Å². The number of rotatable bonds is 5. The number of carbonyl (C=O) groups is 1. The molecule has 1 aliphatic carbocycles. The van der Waals surface area contributed by atoms with Crippen LogP contribution in [0.5, 0.6) is 0 Å². The molecule has 0 aromatic heterocycles. The van der Waals surface area contributed by atoms with Gasteiger partial charge in [0.2, 0.25) is 5.91 Å². The lowest BCUT2D eigenvalue weighted by atomic mass is 9.86. The number of carbonyl (C=O) groups excluding carboxylic acids is 1. The van der Waals surface area contributed by atoms with Gasteiger partial charge in [-0.3, -0.25) is 4.79 Å². The third kappa shape index (κ3) is 3.98. The first-order valence-corrected chi connectivity index (χ1v) is 7.21. The zero-order valence-electron chi connectivity index (χ0n) is 12.9. The highest BCUT2D eigenvalue weighted by atomic mass is 16.2. The summed E-state index contributed by atoms with van der Waals surface area (Å²) in [7, 11) is 3.69. The Hall–Kier alpha value is -0.570. The number of likely N-dealkylation sites (N-methyl/N-ethyl adjacent to an activating group) is 1. The summed E-state index contributed by atoms with van der Waals surface area (Å²) in [6, 6.07) is 0.451. The smallest absolute Gasteiger partial charge is 0.239 e. The van der Waals surface area contributed by atoms with Crippen LogP contribution < -0.4 is 5.32 Å². The number of hydrogen-bond donors (Lipinski definition) is 1. The van der Waals surface area contributed by atoms with Crippen molar-refractivity contribution in [2.45, 2.75) is 65.5 Å². The summed E-state index contributed by atoms with van der Waals surface area (Å²) < 4.78 is 0. The normalized spacial score (nSPS) is 24.3. The molecule has 1 N–H and O–H groups in total. The molecule has 0 aromatic carbocycles. The lowest BCUT2D eigenvalue weighted by Crippen LogP contribution is -2.51. The van der Waals surface area contributed by atoms with E-state index in [4.69, 9.17) is 0 Å². The molecular weight excluding hydrogens is 224 g/mol. The lowest BCUT2D eigenvalue weighted by molar-refractivity contribution is -0.131. The molecule has 2 unspecified atom stereocenters. The minimum Gasteiger partial charge on any atom is -0.347 e. The van der Waals surface area contributed by atoms with Crippen LogP contribution in [0.2, 0.25) is 0 Å². The number of amides is 1. The summed E-state index contributed by atoms with van der Waals surface area (Å²) in [6.45, 7) is 8.98. The van der Waals surface area contributed by atoms with E-state index in [2.05, 4.69) is 33.0 Å². The van der Waals surface area contributed by atoms with Gasteiger partial charge in [-0.05, 0) is 30.6 Å². The second kappa shape index (κ2) is 6.05. The van der Waals surface area contributed by atoms with Crippen molar-refractivity contribution in [1.29, 1.82) is 0 Å². The summed E-state index contributed by atoms with van der Waals surface area (Å²) in [5, 5.41) is 3.63. The van der Waals surface area contributed by atoms with E-state index in [1.54, 1.807) is 4.90 Å². The second-order valence-electron chi connectivity index (χ2n) is 7.01. The predicted molar refractivity (Wildman–Crippen MR) is 76.5 cm³/mol. The van der Waals surface area contributed by atoms with Crippen LogP contribution in [0.15, 0.2) is 0 Å². The molecular formula is C15H30N2O. The molecule has 3 heteroatoms. The zero-order valence-corrected chi connectivity index (χ0v) is 12.9. The molecule has 106 valence electrons. The Labute approximate surface area is 112 Å². The topological polar surface area (TPSA) is 32.3 Å². The van der Waals surface area contributed by atoms with Crippen molar-refractivity contribution in [3.63, 3.8) is 0 Å². The molecule has 0 spiro atoms. The van der Waals surface area contributed by atoms with E-state index in [-0.39, 0.29) is 11.9 Å². The first-order valence-electron chi connectivity index (χ1n) is 7.21. The monoisotopic (exact) mass is 254 g/mol. The van der Waals surface area contributed by atoms with Crippen molar-refractivity contribution in [2.75, 3.05) is 14.1 Å². The molecule has 1 amide bonds. The summed E-state index contributed by atoms with van der Waals surface area (Å²) in [6.07, 6.45) is 4.65. The first kappa shape index (κ1) is 15.5. The van der Waals surface area contributed by atoms with Crippen LogP contribution >= 0.6 is 0 Å². The van der Waals surface area contributed by atoms with Gasteiger partial charge in [-0.25, -0.2) is 0 Å². The second-order valence-corrected chi connectivity index (χ2v) is 7.01. The maximum absolute atomic E-state index is 12.2. The fourth-order valence-corrected chi connectivity index (χ4v) is 2.90. The molecule has 1 aliphatic rings. The van der Waals surface area contributed by atoms with Crippen molar-refractivity contribution < 1.29 is 4.79 Å². The Morgan fingerprint density at radius 1 is 1.39 bits per heavy atom. The van der Waals surface area contributed by atoms with Crippen LogP contribution in [0.4, 0.5) is 0 Å². The highest BCUT2D eigenvalue weighted by Crippen LogP contribution is 2.37. The van der Waals surface area contributed by atoms with Crippen LogP contribution in [0.25, 0.3) is 0 Å². The molecule has 0 aliphatic heterocycles. The quantitative estimate of drug-likeness (QED) is 0.818. The summed E-state index contributed by atoms with van der Waals surface area (Å²) in [4.78, 5) is 14.0. The third-order valence-corrected chi connectivity index (χ3v) is 4.11. The average molecular weight is 254 g/mol. The Balaban J connectivity index is 2.69. The maximum Gasteiger partial charge on any atom is 0.239 e. The molecule has 0 bridgehead atoms. The SMILES string of the molecule is CC(C)CC(NC1CCCC1(C)C)C(=O)N(C)C. The van der Waals surface area contributed by atoms with E-state index in [0.717, 1.165) is 6.42 Å². The molecule has 0 radical (unpaired) electrons. The van der Waals surface area contributed by atoms with Crippen LogP contribution in [-0.4, -0.2) is 37.0 Å². The molecule has 1 rings (SSSR count). The standard InChI is InChI=1S/C15H30N2O/c1-11(2)10-12(14(18)17(5)6)16-13-8-7-9-15(13,3)4/h11-13,16H,7-10H2,1-6H3. The highest BCUT2D eigenvalue weighted by Gasteiger charge is 2.37. The van der Waals surface area contributed by atoms with Gasteiger partial charge >= 0.3 is 0 Å². The predicted octanol–water partition coefficient (Wildman–Crippen LogP) is 2.66. The van der Waals surface area contributed by atoms with Gasteiger partial charge in [0.15, 0.2) is 0 Å². The fraction of sp³-hybridized carbons (Fsp3) is 0.933. The molecule has 2 atom stereocenters. The minimum absolute atomic E-state index is 0.0256. The first-order chi connectivity index (χ1) is 8.24. The largest absolute Gasteiger partial charge is 0.347 e. The molecule has 1 saturated carbocycles. The zero-order chi connectivity index (χ0) is 13.9. The Morgan fingerprint density at radius 2 is 2.00 bits per heavy atom. The van der Waals surface area contributed by atoms with Gasteiger partial charge < -0.3 is 10.2 Å². The van der Waals surface area contributed by atoms with Crippen LogP contribution in [0.3, 0.4) is 0 Å². The molecule has 0 heterocycles. The number of nitrogens with zero attached hydrogens (tertiary/aromatic N) is 1.